The molecule has 8 nitrogen and oxygen atoms in total. The number of carbonyl (C=O) groups excluding carboxylic acids is 3. The van der Waals surface area contributed by atoms with Crippen molar-refractivity contribution in [2.75, 3.05) is 26.0 Å². The van der Waals surface area contributed by atoms with E-state index in [0.29, 0.717) is 17.5 Å². The van der Waals surface area contributed by atoms with Crippen LogP contribution in [0.5, 0.6) is 0 Å². The number of rotatable bonds is 12. The average molecular weight is 588 g/mol. The van der Waals surface area contributed by atoms with Crippen LogP contribution in [0.4, 0.5) is 5.69 Å². The molecule has 3 aromatic rings. The molecule has 1 fully saturated rings. The molecule has 2 aromatic carbocycles. The third-order valence-electron chi connectivity index (χ3n) is 8.06. The molecule has 1 atom stereocenters. The molecule has 0 aliphatic carbocycles. The Morgan fingerprint density at radius 3 is 2.50 bits per heavy atom. The summed E-state index contributed by atoms with van der Waals surface area (Å²) < 4.78 is 2.35. The van der Waals surface area contributed by atoms with E-state index in [1.165, 1.54) is 32.1 Å². The molecule has 0 bridgehead atoms. The van der Waals surface area contributed by atoms with Crippen LogP contribution >= 0.6 is 11.8 Å². The van der Waals surface area contributed by atoms with Crippen LogP contribution < -0.4 is 9.47 Å². The molecule has 1 aromatic heterocycles. The van der Waals surface area contributed by atoms with Crippen molar-refractivity contribution < 1.29 is 23.8 Å². The minimum Gasteiger partial charge on any atom is -0.338 e. The third kappa shape index (κ3) is 6.85. The Bertz CT molecular complexity index is 1490. The monoisotopic (exact) mass is 587 g/mol. The van der Waals surface area contributed by atoms with Gasteiger partial charge < -0.3 is 14.6 Å². The summed E-state index contributed by atoms with van der Waals surface area (Å²) in [6, 6.07) is 19.8. The van der Waals surface area contributed by atoms with E-state index < -0.39 is 17.8 Å². The smallest absolute Gasteiger partial charge is 0.333 e. The number of hydroxylamine groups is 2. The lowest BCUT2D eigenvalue weighted by Crippen LogP contribution is -2.39. The van der Waals surface area contributed by atoms with Gasteiger partial charge >= 0.3 is 5.97 Å². The first-order chi connectivity index (χ1) is 20.3. The second-order valence-corrected chi connectivity index (χ2v) is 12.2. The second kappa shape index (κ2) is 13.5. The minimum atomic E-state index is -0.521. The van der Waals surface area contributed by atoms with Crippen LogP contribution in [-0.2, 0) is 25.8 Å². The Balaban J connectivity index is 1.15. The zero-order valence-corrected chi connectivity index (χ0v) is 25.4. The van der Waals surface area contributed by atoms with E-state index >= 15 is 0 Å². The molecular weight excluding hydrogens is 548 g/mol. The molecule has 0 spiro atoms. The number of imide groups is 1. The lowest BCUT2D eigenvalue weighted by atomic mass is 10.0. The van der Waals surface area contributed by atoms with Gasteiger partial charge in [-0.05, 0) is 56.8 Å². The fraction of sp³-hybridized carbons (Fsp3) is 0.394. The number of anilines is 1. The fourth-order valence-electron chi connectivity index (χ4n) is 5.59. The zero-order chi connectivity index (χ0) is 29.6. The van der Waals surface area contributed by atoms with Crippen LogP contribution in [-0.4, -0.2) is 54.9 Å². The molecule has 0 N–H and O–H groups in total. The van der Waals surface area contributed by atoms with E-state index in [-0.39, 0.29) is 19.3 Å². The van der Waals surface area contributed by atoms with Gasteiger partial charge in [0.1, 0.15) is 0 Å². The van der Waals surface area contributed by atoms with Crippen LogP contribution in [0.3, 0.4) is 0 Å². The molecule has 5 rings (SSSR count). The van der Waals surface area contributed by atoms with Crippen LogP contribution in [0.1, 0.15) is 56.9 Å². The van der Waals surface area contributed by atoms with Crippen molar-refractivity contribution in [2.45, 2.75) is 68.8 Å². The molecule has 0 radical (unpaired) electrons. The maximum Gasteiger partial charge on any atom is 0.333 e. The molecule has 220 valence electrons. The summed E-state index contributed by atoms with van der Waals surface area (Å²) in [4.78, 5) is 46.1. The van der Waals surface area contributed by atoms with Gasteiger partial charge in [0.05, 0.1) is 16.1 Å². The van der Waals surface area contributed by atoms with Gasteiger partial charge in [-0.15, -0.1) is 5.06 Å². The summed E-state index contributed by atoms with van der Waals surface area (Å²) >= 11 is 1.81. The number of para-hydroxylation sites is 2. The summed E-state index contributed by atoms with van der Waals surface area (Å²) in [6.07, 6.45) is 9.50. The number of unbranched alkanes of at least 4 members (excludes halogenated alkanes) is 2. The standard InChI is InChI=1S/C33H39N4O4S/c1-34(2)25(11-5-4-6-16-33(40)41-37-30(38)17-18-31(37)39)20-22-36-21-19-24(26-12-7-8-13-27(26)36)23-32-35(3)28-14-9-10-15-29(28)42-32/h7-10,12-15,19,21,23,25H,4-6,11,16-18,20,22H2,1-3H3/q+1. The molecule has 2 amide bonds. The summed E-state index contributed by atoms with van der Waals surface area (Å²) in [6.45, 7) is 0.907. The number of hydrogen-bond acceptors (Lipinski definition) is 7. The van der Waals surface area contributed by atoms with Crippen molar-refractivity contribution in [3.05, 3.63) is 71.4 Å². The summed E-state index contributed by atoms with van der Waals surface area (Å²) in [7, 11) is 6.37. The number of benzene rings is 2. The van der Waals surface area contributed by atoms with Crippen molar-refractivity contribution in [3.8, 4) is 0 Å². The highest BCUT2D eigenvalue weighted by molar-refractivity contribution is 8.03. The normalized spacial score (nSPS) is 16.6. The van der Waals surface area contributed by atoms with Gasteiger partial charge in [0.15, 0.2) is 12.7 Å². The highest BCUT2D eigenvalue weighted by Gasteiger charge is 2.32. The number of aromatic nitrogens is 1. The Hall–Kier alpha value is -3.69. The van der Waals surface area contributed by atoms with Gasteiger partial charge in [-0.2, -0.15) is 4.57 Å². The molecule has 42 heavy (non-hydrogen) atoms. The van der Waals surface area contributed by atoms with Crippen LogP contribution in [0.2, 0.25) is 0 Å². The Labute approximate surface area is 251 Å². The minimum absolute atomic E-state index is 0.111. The first-order valence-corrected chi connectivity index (χ1v) is 15.5. The van der Waals surface area contributed by atoms with E-state index in [9.17, 15) is 14.4 Å². The van der Waals surface area contributed by atoms with E-state index in [4.69, 9.17) is 4.84 Å². The molecule has 1 saturated heterocycles. The Kier molecular flexibility index (Phi) is 9.59. The average Bonchev–Trinajstić information content (AvgIpc) is 3.48. The zero-order valence-electron chi connectivity index (χ0n) is 24.6. The second-order valence-electron chi connectivity index (χ2n) is 11.1. The van der Waals surface area contributed by atoms with Crippen molar-refractivity contribution >= 4 is 52.2 Å². The number of hydrogen-bond donors (Lipinski definition) is 0. The van der Waals surface area contributed by atoms with Crippen molar-refractivity contribution in [1.29, 1.82) is 0 Å². The van der Waals surface area contributed by atoms with Crippen molar-refractivity contribution in [3.63, 3.8) is 0 Å². The molecule has 2 aliphatic rings. The number of fused-ring (bicyclic) bond motifs is 2. The topological polar surface area (TPSA) is 74.0 Å². The van der Waals surface area contributed by atoms with Crippen LogP contribution in [0, 0.1) is 0 Å². The van der Waals surface area contributed by atoms with Gasteiger partial charge in [0, 0.05) is 55.8 Å². The molecule has 9 heteroatoms. The molecular formula is C33H39N4O4S+. The molecule has 2 aliphatic heterocycles. The van der Waals surface area contributed by atoms with Gasteiger partial charge in [0.2, 0.25) is 5.52 Å². The highest BCUT2D eigenvalue weighted by Crippen LogP contribution is 2.45. The van der Waals surface area contributed by atoms with E-state index in [1.807, 2.05) is 11.8 Å². The lowest BCUT2D eigenvalue weighted by Gasteiger charge is -2.23. The lowest BCUT2D eigenvalue weighted by molar-refractivity contribution is -0.672. The maximum atomic E-state index is 12.1. The van der Waals surface area contributed by atoms with E-state index in [0.717, 1.165) is 32.2 Å². The van der Waals surface area contributed by atoms with Crippen molar-refractivity contribution in [1.82, 2.24) is 9.96 Å². The largest absolute Gasteiger partial charge is 0.338 e. The number of nitrogens with zero attached hydrogens (tertiary/aromatic N) is 4. The van der Waals surface area contributed by atoms with E-state index in [1.54, 1.807) is 0 Å². The predicted molar refractivity (Wildman–Crippen MR) is 165 cm³/mol. The Morgan fingerprint density at radius 2 is 1.74 bits per heavy atom. The quantitative estimate of drug-likeness (QED) is 0.156. The molecule has 1 unspecified atom stereocenters. The summed E-state index contributed by atoms with van der Waals surface area (Å²) in [5.74, 6) is -1.40. The maximum absolute atomic E-state index is 12.1. The Morgan fingerprint density at radius 1 is 1.00 bits per heavy atom. The SMILES string of the molecule is CN1/C(=C/c2cc[n+](CCC(CCCCCC(=O)ON3C(=O)CCC3=O)N(C)C)c3ccccc23)Sc2ccccc21. The molecule has 0 saturated carbocycles. The van der Waals surface area contributed by atoms with E-state index in [2.05, 4.69) is 102 Å². The number of thioether (sulfide) groups is 1. The van der Waals surface area contributed by atoms with Gasteiger partial charge in [-0.3, -0.25) is 9.59 Å². The van der Waals surface area contributed by atoms with Crippen LogP contribution in [0.25, 0.3) is 17.0 Å². The third-order valence-corrected chi connectivity index (χ3v) is 9.23. The highest BCUT2D eigenvalue weighted by atomic mass is 32.2. The summed E-state index contributed by atoms with van der Waals surface area (Å²) in [5, 5.41) is 3.08. The summed E-state index contributed by atoms with van der Waals surface area (Å²) in [5.41, 5.74) is 3.68. The number of aryl methyl sites for hydroxylation is 1. The number of carbonyl (C=O) groups is 3. The van der Waals surface area contributed by atoms with Gasteiger partial charge in [0.25, 0.3) is 11.8 Å². The first-order valence-electron chi connectivity index (χ1n) is 14.7. The number of pyridine rings is 1. The number of amides is 2. The van der Waals surface area contributed by atoms with Gasteiger partial charge in [-0.1, -0.05) is 48.9 Å². The predicted octanol–water partition coefficient (Wildman–Crippen LogP) is 5.55. The van der Waals surface area contributed by atoms with Crippen molar-refractivity contribution in [2.24, 2.45) is 0 Å². The molecule has 3 heterocycles. The first kappa shape index (κ1) is 29.8. The van der Waals surface area contributed by atoms with Crippen LogP contribution in [0.15, 0.2) is 70.7 Å². The fourth-order valence-corrected chi connectivity index (χ4v) is 6.69. The van der Waals surface area contributed by atoms with Gasteiger partial charge in [-0.25, -0.2) is 4.79 Å².